The lowest BCUT2D eigenvalue weighted by Gasteiger charge is -2.38. The first-order chi connectivity index (χ1) is 20.6. The fourth-order valence-electron chi connectivity index (χ4n) is 6.82. The smallest absolute Gasteiger partial charge is 0.254 e. The molecule has 10 nitrogen and oxygen atoms in total. The van der Waals surface area contributed by atoms with Gasteiger partial charge in [-0.2, -0.15) is 0 Å². The molecule has 0 radical (unpaired) electrons. The Morgan fingerprint density at radius 2 is 1.62 bits per heavy atom. The van der Waals surface area contributed by atoms with E-state index in [-0.39, 0.29) is 24.3 Å². The standard InChI is InChI=1S/C31H43N5O5S/c37-30(36(23-3-4-23)24-11-18-40-19-12-24)21-1-5-25(6-2-21)41-26-7-14-35(15-8-26)31-33-27-13-20-42(38)28(27)29(34-31)32-22-9-16-39-17-10-22/h1-2,5-6,22-24,26,31,33H,3-4,7-20H2,(H,32,34). The molecule has 1 aromatic carbocycles. The number of hydrogen-bond acceptors (Lipinski definition) is 9. The van der Waals surface area contributed by atoms with E-state index in [0.29, 0.717) is 17.8 Å². The summed E-state index contributed by atoms with van der Waals surface area (Å²) in [5.41, 5.74) is 1.82. The van der Waals surface area contributed by atoms with E-state index < -0.39 is 10.8 Å². The van der Waals surface area contributed by atoms with Gasteiger partial charge in [0, 0.05) is 81.1 Å². The molecular formula is C31H43N5O5S. The zero-order chi connectivity index (χ0) is 28.5. The van der Waals surface area contributed by atoms with Crippen molar-refractivity contribution < 1.29 is 23.2 Å². The van der Waals surface area contributed by atoms with Gasteiger partial charge in [-0.25, -0.2) is 4.99 Å². The highest BCUT2D eigenvalue weighted by molar-refractivity contribution is 7.90. The SMILES string of the molecule is O=C(c1ccc(OC2CCN(C3N=C(NC4CCOCC4)C4=C(CCS4=O)N3)CC2)cc1)N(C1CCOCC1)C1CC1. The second-order valence-electron chi connectivity index (χ2n) is 12.3. The Bertz CT molecular complexity index is 1210. The summed E-state index contributed by atoms with van der Waals surface area (Å²) in [7, 11) is -1.01. The van der Waals surface area contributed by atoms with Crippen LogP contribution in [-0.2, 0) is 20.3 Å². The Balaban J connectivity index is 0.942. The van der Waals surface area contributed by atoms with Gasteiger partial charge in [0.2, 0.25) is 0 Å². The van der Waals surface area contributed by atoms with Gasteiger partial charge in [0.1, 0.15) is 17.7 Å². The van der Waals surface area contributed by atoms with Gasteiger partial charge in [-0.3, -0.25) is 13.9 Å². The van der Waals surface area contributed by atoms with Crippen LogP contribution in [0.15, 0.2) is 39.9 Å². The number of benzene rings is 1. The monoisotopic (exact) mass is 597 g/mol. The Kier molecular flexibility index (Phi) is 8.52. The molecule has 11 heteroatoms. The molecule has 4 fully saturated rings. The second kappa shape index (κ2) is 12.6. The van der Waals surface area contributed by atoms with Crippen molar-refractivity contribution in [2.45, 2.75) is 88.3 Å². The average molecular weight is 598 g/mol. The molecule has 2 N–H and O–H groups in total. The number of allylic oxidation sites excluding steroid dienone is 1. The van der Waals surface area contributed by atoms with Gasteiger partial charge in [-0.05, 0) is 75.6 Å². The molecule has 6 aliphatic rings. The number of carbonyl (C=O) groups is 1. The van der Waals surface area contributed by atoms with E-state index >= 15 is 0 Å². The molecule has 2 atom stereocenters. The summed E-state index contributed by atoms with van der Waals surface area (Å²) < 4.78 is 30.2. The fraction of sp³-hybridized carbons (Fsp3) is 0.677. The lowest BCUT2D eigenvalue weighted by Crippen LogP contribution is -2.53. The van der Waals surface area contributed by atoms with Crippen LogP contribution in [0.2, 0.25) is 0 Å². The molecule has 0 bridgehead atoms. The summed E-state index contributed by atoms with van der Waals surface area (Å²) in [6, 6.07) is 8.72. The van der Waals surface area contributed by atoms with Crippen molar-refractivity contribution in [1.82, 2.24) is 20.4 Å². The zero-order valence-corrected chi connectivity index (χ0v) is 25.1. The number of nitrogens with zero attached hydrogens (tertiary/aromatic N) is 3. The largest absolute Gasteiger partial charge is 0.490 e. The van der Waals surface area contributed by atoms with E-state index in [2.05, 4.69) is 20.4 Å². The highest BCUT2D eigenvalue weighted by atomic mass is 32.2. The lowest BCUT2D eigenvalue weighted by molar-refractivity contribution is 0.0267. The summed E-state index contributed by atoms with van der Waals surface area (Å²) in [5.74, 6) is 2.42. The second-order valence-corrected chi connectivity index (χ2v) is 13.8. The minimum absolute atomic E-state index is 0.120. The highest BCUT2D eigenvalue weighted by Gasteiger charge is 2.39. The van der Waals surface area contributed by atoms with Crippen LogP contribution in [0.25, 0.3) is 0 Å². The number of piperidine rings is 1. The topological polar surface area (TPSA) is 105 Å². The number of hydrogen-bond donors (Lipinski definition) is 2. The van der Waals surface area contributed by atoms with Crippen LogP contribution in [0.3, 0.4) is 0 Å². The maximum atomic E-state index is 13.4. The predicted molar refractivity (Wildman–Crippen MR) is 161 cm³/mol. The molecule has 1 amide bonds. The van der Waals surface area contributed by atoms with Crippen LogP contribution < -0.4 is 15.4 Å². The van der Waals surface area contributed by atoms with Crippen molar-refractivity contribution in [3.05, 3.63) is 40.4 Å². The zero-order valence-electron chi connectivity index (χ0n) is 24.3. The van der Waals surface area contributed by atoms with Gasteiger partial charge >= 0.3 is 0 Å². The molecule has 3 saturated heterocycles. The molecule has 2 unspecified atom stereocenters. The summed E-state index contributed by atoms with van der Waals surface area (Å²) in [4.78, 5) is 23.8. The summed E-state index contributed by atoms with van der Waals surface area (Å²) >= 11 is 0. The molecule has 228 valence electrons. The highest BCUT2D eigenvalue weighted by Crippen LogP contribution is 2.33. The van der Waals surface area contributed by atoms with Crippen LogP contribution in [0.1, 0.15) is 68.1 Å². The molecule has 7 rings (SSSR count). The molecular weight excluding hydrogens is 554 g/mol. The maximum absolute atomic E-state index is 13.4. The third-order valence-corrected chi connectivity index (χ3v) is 10.8. The van der Waals surface area contributed by atoms with Crippen molar-refractivity contribution in [2.75, 3.05) is 45.3 Å². The van der Waals surface area contributed by atoms with Crippen molar-refractivity contribution in [2.24, 2.45) is 4.99 Å². The van der Waals surface area contributed by atoms with Crippen LogP contribution in [-0.4, -0.2) is 102 Å². The normalized spacial score (nSPS) is 28.1. The Morgan fingerprint density at radius 1 is 0.952 bits per heavy atom. The molecule has 42 heavy (non-hydrogen) atoms. The van der Waals surface area contributed by atoms with E-state index in [1.165, 1.54) is 0 Å². The van der Waals surface area contributed by atoms with E-state index in [0.717, 1.165) is 125 Å². The minimum atomic E-state index is -1.01. The quantitative estimate of drug-likeness (QED) is 0.495. The van der Waals surface area contributed by atoms with Gasteiger partial charge < -0.3 is 29.7 Å². The van der Waals surface area contributed by atoms with Gasteiger partial charge in [0.15, 0.2) is 6.29 Å². The third-order valence-electron chi connectivity index (χ3n) is 9.36. The van der Waals surface area contributed by atoms with Crippen LogP contribution in [0.5, 0.6) is 5.75 Å². The molecule has 0 aromatic heterocycles. The number of nitrogens with one attached hydrogen (secondary N) is 2. The Labute approximate surface area is 250 Å². The van der Waals surface area contributed by atoms with Gasteiger partial charge in [-0.1, -0.05) is 0 Å². The van der Waals surface area contributed by atoms with E-state index in [4.69, 9.17) is 19.2 Å². The molecule has 0 spiro atoms. The molecule has 5 heterocycles. The third kappa shape index (κ3) is 6.25. The maximum Gasteiger partial charge on any atom is 0.254 e. The van der Waals surface area contributed by atoms with Crippen molar-refractivity contribution in [3.63, 3.8) is 0 Å². The number of rotatable bonds is 7. The van der Waals surface area contributed by atoms with Crippen LogP contribution in [0, 0.1) is 0 Å². The fourth-order valence-corrected chi connectivity index (χ4v) is 8.17. The molecule has 1 saturated carbocycles. The lowest BCUT2D eigenvalue weighted by atomic mass is 10.0. The molecule has 5 aliphatic heterocycles. The number of amides is 1. The van der Waals surface area contributed by atoms with Crippen molar-refractivity contribution in [3.8, 4) is 5.75 Å². The van der Waals surface area contributed by atoms with E-state index in [9.17, 15) is 9.00 Å². The summed E-state index contributed by atoms with van der Waals surface area (Å²) in [5, 5.41) is 7.20. The first-order valence-electron chi connectivity index (χ1n) is 15.8. The number of ether oxygens (including phenoxy) is 3. The molecule has 1 aliphatic carbocycles. The summed E-state index contributed by atoms with van der Waals surface area (Å²) in [6.45, 7) is 4.71. The van der Waals surface area contributed by atoms with E-state index in [1.807, 2.05) is 24.3 Å². The number of likely N-dealkylation sites (tertiary alicyclic amines) is 1. The average Bonchev–Trinajstić information content (AvgIpc) is 3.79. The summed E-state index contributed by atoms with van der Waals surface area (Å²) in [6.07, 6.45) is 8.52. The Morgan fingerprint density at radius 3 is 2.31 bits per heavy atom. The van der Waals surface area contributed by atoms with Gasteiger partial charge in [-0.15, -0.1) is 0 Å². The van der Waals surface area contributed by atoms with Crippen LogP contribution >= 0.6 is 0 Å². The van der Waals surface area contributed by atoms with Crippen molar-refractivity contribution in [1.29, 1.82) is 0 Å². The van der Waals surface area contributed by atoms with Crippen LogP contribution in [0.4, 0.5) is 0 Å². The van der Waals surface area contributed by atoms with Gasteiger partial charge in [0.25, 0.3) is 5.91 Å². The van der Waals surface area contributed by atoms with Crippen molar-refractivity contribution >= 4 is 22.5 Å². The number of amidine groups is 1. The first-order valence-corrected chi connectivity index (χ1v) is 17.2. The van der Waals surface area contributed by atoms with E-state index in [1.54, 1.807) is 0 Å². The number of carbonyl (C=O) groups excluding carboxylic acids is 1. The Hall–Kier alpha value is -2.47. The predicted octanol–water partition coefficient (Wildman–Crippen LogP) is 2.73. The minimum Gasteiger partial charge on any atom is -0.490 e. The molecule has 1 aromatic rings. The number of aliphatic imine (C=N–C) groups is 1. The first kappa shape index (κ1) is 28.3. The van der Waals surface area contributed by atoms with Gasteiger partial charge in [0.05, 0.1) is 15.7 Å².